The summed E-state index contributed by atoms with van der Waals surface area (Å²) in [5.74, 6) is -0.284. The summed E-state index contributed by atoms with van der Waals surface area (Å²) >= 11 is 0. The van der Waals surface area contributed by atoms with E-state index in [1.165, 1.54) is 12.1 Å². The predicted molar refractivity (Wildman–Crippen MR) is 77.9 cm³/mol. The number of aliphatic hydroxyl groups is 1. The Balaban J connectivity index is 2.66. The average Bonchev–Trinajstić information content (AvgIpc) is 2.35. The molecule has 2 atom stereocenters. The molecule has 1 aromatic carbocycles. The smallest absolute Gasteiger partial charge is 0.230 e. The summed E-state index contributed by atoms with van der Waals surface area (Å²) in [4.78, 5) is 12.3. The fraction of sp³-hybridized carbons (Fsp3) is 0.562. The van der Waals surface area contributed by atoms with E-state index in [2.05, 4.69) is 5.32 Å². The molecule has 0 aliphatic heterocycles. The third kappa shape index (κ3) is 4.60. The van der Waals surface area contributed by atoms with E-state index in [4.69, 9.17) is 0 Å². The first kappa shape index (κ1) is 16.6. The molecule has 3 nitrogen and oxygen atoms in total. The van der Waals surface area contributed by atoms with Crippen LogP contribution in [0.1, 0.15) is 39.7 Å². The van der Waals surface area contributed by atoms with Crippen molar-refractivity contribution in [3.63, 3.8) is 0 Å². The zero-order valence-electron chi connectivity index (χ0n) is 12.6. The quantitative estimate of drug-likeness (QED) is 0.842. The van der Waals surface area contributed by atoms with Crippen LogP contribution >= 0.6 is 0 Å². The van der Waals surface area contributed by atoms with E-state index in [-0.39, 0.29) is 23.7 Å². The van der Waals surface area contributed by atoms with Crippen molar-refractivity contribution in [3.8, 4) is 0 Å². The van der Waals surface area contributed by atoms with E-state index >= 15 is 0 Å². The van der Waals surface area contributed by atoms with Gasteiger partial charge in [0.05, 0.1) is 11.5 Å². The lowest BCUT2D eigenvalue weighted by Crippen LogP contribution is -2.42. The molecule has 0 spiro atoms. The molecule has 0 aromatic heterocycles. The van der Waals surface area contributed by atoms with E-state index in [1.807, 2.05) is 6.92 Å². The maximum Gasteiger partial charge on any atom is 0.230 e. The molecule has 0 heterocycles. The van der Waals surface area contributed by atoms with Crippen LogP contribution in [0.15, 0.2) is 24.3 Å². The van der Waals surface area contributed by atoms with Gasteiger partial charge in [-0.25, -0.2) is 4.39 Å². The maximum atomic E-state index is 13.3. The summed E-state index contributed by atoms with van der Waals surface area (Å²) in [6.45, 7) is 7.76. The maximum absolute atomic E-state index is 13.3. The molecule has 0 saturated heterocycles. The van der Waals surface area contributed by atoms with Gasteiger partial charge in [-0.15, -0.1) is 0 Å². The van der Waals surface area contributed by atoms with Crippen LogP contribution in [0, 0.1) is 11.7 Å². The molecule has 0 aliphatic carbocycles. The SMILES string of the molecule is CC(O)CC(C)CNC(=O)C(C)(C)c1cccc(F)c1. The number of carbonyl (C=O) groups is 1. The molecule has 1 rings (SSSR count). The van der Waals surface area contributed by atoms with Crippen LogP contribution < -0.4 is 5.32 Å². The van der Waals surface area contributed by atoms with Gasteiger partial charge in [0.1, 0.15) is 5.82 Å². The molecule has 0 saturated carbocycles. The number of hydrogen-bond acceptors (Lipinski definition) is 2. The summed E-state index contributed by atoms with van der Waals surface area (Å²) in [5.41, 5.74) is -0.134. The minimum absolute atomic E-state index is 0.138. The number of benzene rings is 1. The number of amides is 1. The van der Waals surface area contributed by atoms with Crippen molar-refractivity contribution in [1.82, 2.24) is 5.32 Å². The van der Waals surface area contributed by atoms with Crippen molar-refractivity contribution in [2.45, 2.75) is 45.6 Å². The first-order chi connectivity index (χ1) is 9.23. The third-order valence-electron chi connectivity index (χ3n) is 3.47. The summed E-state index contributed by atoms with van der Waals surface area (Å²) < 4.78 is 13.3. The van der Waals surface area contributed by atoms with Crippen molar-refractivity contribution in [2.75, 3.05) is 6.54 Å². The van der Waals surface area contributed by atoms with Gasteiger partial charge in [0.25, 0.3) is 0 Å². The van der Waals surface area contributed by atoms with E-state index in [0.717, 1.165) is 0 Å². The van der Waals surface area contributed by atoms with Gasteiger partial charge in [-0.1, -0.05) is 19.1 Å². The van der Waals surface area contributed by atoms with Crippen molar-refractivity contribution < 1.29 is 14.3 Å². The zero-order valence-corrected chi connectivity index (χ0v) is 12.6. The molecule has 1 amide bonds. The molecule has 0 radical (unpaired) electrons. The molecule has 4 heteroatoms. The third-order valence-corrected chi connectivity index (χ3v) is 3.47. The lowest BCUT2D eigenvalue weighted by atomic mass is 9.83. The van der Waals surface area contributed by atoms with Gasteiger partial charge in [0, 0.05) is 6.54 Å². The number of nitrogens with one attached hydrogen (secondary N) is 1. The summed E-state index contributed by atoms with van der Waals surface area (Å²) in [6.07, 6.45) is 0.263. The second-order valence-corrected chi connectivity index (χ2v) is 6.04. The number of aliphatic hydroxyl groups excluding tert-OH is 1. The van der Waals surface area contributed by atoms with Crippen molar-refractivity contribution in [2.24, 2.45) is 5.92 Å². The molecule has 0 bridgehead atoms. The molecule has 2 N–H and O–H groups in total. The van der Waals surface area contributed by atoms with Crippen LogP contribution in [0.4, 0.5) is 4.39 Å². The van der Waals surface area contributed by atoms with Gasteiger partial charge in [0.15, 0.2) is 0 Å². The Morgan fingerprint density at radius 2 is 2.05 bits per heavy atom. The largest absolute Gasteiger partial charge is 0.393 e. The number of rotatable bonds is 6. The molecular weight excluding hydrogens is 257 g/mol. The van der Waals surface area contributed by atoms with Gasteiger partial charge in [-0.05, 0) is 50.8 Å². The van der Waals surface area contributed by atoms with Gasteiger partial charge in [0.2, 0.25) is 5.91 Å². The molecule has 2 unspecified atom stereocenters. The minimum Gasteiger partial charge on any atom is -0.393 e. The van der Waals surface area contributed by atoms with Crippen LogP contribution in [-0.2, 0) is 10.2 Å². The van der Waals surface area contributed by atoms with Gasteiger partial charge in [-0.2, -0.15) is 0 Å². The monoisotopic (exact) mass is 281 g/mol. The van der Waals surface area contributed by atoms with Gasteiger partial charge >= 0.3 is 0 Å². The Hall–Kier alpha value is -1.42. The average molecular weight is 281 g/mol. The lowest BCUT2D eigenvalue weighted by molar-refractivity contribution is -0.125. The van der Waals surface area contributed by atoms with E-state index < -0.39 is 5.41 Å². The van der Waals surface area contributed by atoms with E-state index in [0.29, 0.717) is 18.5 Å². The fourth-order valence-electron chi connectivity index (χ4n) is 2.16. The van der Waals surface area contributed by atoms with Crippen LogP contribution in [0.5, 0.6) is 0 Å². The fourth-order valence-corrected chi connectivity index (χ4v) is 2.16. The Kier molecular flexibility index (Phi) is 5.69. The predicted octanol–water partition coefficient (Wildman–Crippen LogP) is 2.63. The summed E-state index contributed by atoms with van der Waals surface area (Å²) in [6, 6.07) is 6.11. The van der Waals surface area contributed by atoms with Gasteiger partial charge in [-0.3, -0.25) is 4.79 Å². The molecule has 20 heavy (non-hydrogen) atoms. The summed E-state index contributed by atoms with van der Waals surface area (Å²) in [7, 11) is 0. The van der Waals surface area contributed by atoms with Crippen LogP contribution in [0.25, 0.3) is 0 Å². The van der Waals surface area contributed by atoms with E-state index in [9.17, 15) is 14.3 Å². The van der Waals surface area contributed by atoms with E-state index in [1.54, 1.807) is 32.9 Å². The van der Waals surface area contributed by atoms with Crippen molar-refractivity contribution in [3.05, 3.63) is 35.6 Å². The van der Waals surface area contributed by atoms with Crippen LogP contribution in [0.2, 0.25) is 0 Å². The highest BCUT2D eigenvalue weighted by atomic mass is 19.1. The molecule has 1 aromatic rings. The number of hydrogen-bond donors (Lipinski definition) is 2. The first-order valence-corrected chi connectivity index (χ1v) is 6.96. The molecular formula is C16H24FNO2. The van der Waals surface area contributed by atoms with Crippen molar-refractivity contribution >= 4 is 5.91 Å². The minimum atomic E-state index is -0.785. The standard InChI is InChI=1S/C16H24FNO2/c1-11(8-12(2)19)10-18-15(20)16(3,4)13-6-5-7-14(17)9-13/h5-7,9,11-12,19H,8,10H2,1-4H3,(H,18,20). The number of carbonyl (C=O) groups excluding carboxylic acids is 1. The topological polar surface area (TPSA) is 49.3 Å². The normalized spacial score (nSPS) is 14.7. The van der Waals surface area contributed by atoms with Crippen LogP contribution in [0.3, 0.4) is 0 Å². The zero-order chi connectivity index (χ0) is 15.3. The molecule has 112 valence electrons. The second kappa shape index (κ2) is 6.84. The van der Waals surface area contributed by atoms with Crippen LogP contribution in [-0.4, -0.2) is 23.7 Å². The summed E-state index contributed by atoms with van der Waals surface area (Å²) in [5, 5.41) is 12.2. The van der Waals surface area contributed by atoms with Crippen molar-refractivity contribution in [1.29, 1.82) is 0 Å². The molecule has 0 fully saturated rings. The highest BCUT2D eigenvalue weighted by Crippen LogP contribution is 2.24. The highest BCUT2D eigenvalue weighted by molar-refractivity contribution is 5.87. The Morgan fingerprint density at radius 3 is 2.60 bits per heavy atom. The Bertz CT molecular complexity index is 458. The lowest BCUT2D eigenvalue weighted by Gasteiger charge is -2.25. The first-order valence-electron chi connectivity index (χ1n) is 6.96. The Morgan fingerprint density at radius 1 is 1.40 bits per heavy atom. The van der Waals surface area contributed by atoms with Gasteiger partial charge < -0.3 is 10.4 Å². The second-order valence-electron chi connectivity index (χ2n) is 6.04. The highest BCUT2D eigenvalue weighted by Gasteiger charge is 2.30. The number of halogens is 1. The molecule has 0 aliphatic rings. The Labute approximate surface area is 120 Å².